The fraction of sp³-hybridized carbons (Fsp3) is 0.0833. The molecule has 1 N–H and O–H groups in total. The van der Waals surface area contributed by atoms with Crippen molar-refractivity contribution in [2.75, 3.05) is 0 Å². The number of halogens is 1. The van der Waals surface area contributed by atoms with E-state index in [9.17, 15) is 4.79 Å². The van der Waals surface area contributed by atoms with Crippen LogP contribution in [0, 0.1) is 6.92 Å². The number of aromatic carboxylic acids is 1. The first kappa shape index (κ1) is 12.5. The van der Waals surface area contributed by atoms with Gasteiger partial charge in [-0.25, -0.2) is 9.78 Å². The van der Waals surface area contributed by atoms with Crippen molar-refractivity contribution in [3.8, 4) is 11.6 Å². The van der Waals surface area contributed by atoms with E-state index in [0.717, 1.165) is 0 Å². The molecule has 2 rings (SSSR count). The molecule has 18 heavy (non-hydrogen) atoms. The van der Waals surface area contributed by atoms with Crippen molar-refractivity contribution < 1.29 is 14.6 Å². The summed E-state index contributed by atoms with van der Waals surface area (Å²) in [7, 11) is 0. The van der Waals surface area contributed by atoms with Crippen molar-refractivity contribution in [2.45, 2.75) is 6.92 Å². The average Bonchev–Trinajstić information content (AvgIpc) is 2.34. The van der Waals surface area contributed by atoms with E-state index in [-0.39, 0.29) is 5.56 Å². The Labute approximate surface area is 112 Å². The Hall–Kier alpha value is -1.95. The summed E-state index contributed by atoms with van der Waals surface area (Å²) in [6.07, 6.45) is 3.07. The molecule has 0 fully saturated rings. The highest BCUT2D eigenvalue weighted by atomic mass is 79.9. The molecule has 0 spiro atoms. The minimum Gasteiger partial charge on any atom is -0.478 e. The minimum absolute atomic E-state index is 0.148. The van der Waals surface area contributed by atoms with E-state index in [1.807, 2.05) is 0 Å². The standard InChI is InChI=1S/C12H9BrN2O3/c1-7-11(15-5-4-14-7)18-10-6-8(12(16)17)2-3-9(10)13/h2-6H,1H3,(H,16,17). The van der Waals surface area contributed by atoms with Crippen LogP contribution in [0.25, 0.3) is 0 Å². The monoisotopic (exact) mass is 308 g/mol. The molecule has 0 unspecified atom stereocenters. The molecule has 0 amide bonds. The summed E-state index contributed by atoms with van der Waals surface area (Å²) in [5.41, 5.74) is 0.778. The van der Waals surface area contributed by atoms with E-state index < -0.39 is 5.97 Å². The molecule has 0 bridgehead atoms. The van der Waals surface area contributed by atoms with Gasteiger partial charge in [0, 0.05) is 12.4 Å². The van der Waals surface area contributed by atoms with Gasteiger partial charge in [-0.2, -0.15) is 0 Å². The van der Waals surface area contributed by atoms with Crippen LogP contribution in [-0.4, -0.2) is 21.0 Å². The molecule has 1 aromatic heterocycles. The summed E-state index contributed by atoms with van der Waals surface area (Å²) in [6.45, 7) is 1.76. The largest absolute Gasteiger partial charge is 0.478 e. The highest BCUT2D eigenvalue weighted by Gasteiger charge is 2.10. The lowest BCUT2D eigenvalue weighted by Crippen LogP contribution is -1.98. The van der Waals surface area contributed by atoms with E-state index in [0.29, 0.717) is 21.8 Å². The SMILES string of the molecule is Cc1nccnc1Oc1cc(C(=O)O)ccc1Br. The van der Waals surface area contributed by atoms with E-state index in [4.69, 9.17) is 9.84 Å². The van der Waals surface area contributed by atoms with Crippen LogP contribution >= 0.6 is 15.9 Å². The number of ether oxygens (including phenoxy) is 1. The minimum atomic E-state index is -1.01. The van der Waals surface area contributed by atoms with Crippen molar-refractivity contribution in [1.29, 1.82) is 0 Å². The number of aryl methyl sites for hydroxylation is 1. The molecule has 0 saturated heterocycles. The van der Waals surface area contributed by atoms with Crippen LogP contribution in [0.3, 0.4) is 0 Å². The van der Waals surface area contributed by atoms with Gasteiger partial charge in [0.05, 0.1) is 15.7 Å². The summed E-state index contributed by atoms with van der Waals surface area (Å²) < 4.78 is 6.20. The molecular formula is C12H9BrN2O3. The van der Waals surface area contributed by atoms with Gasteiger partial charge in [0.1, 0.15) is 5.75 Å². The van der Waals surface area contributed by atoms with Crippen LogP contribution in [0.4, 0.5) is 0 Å². The molecule has 0 aliphatic heterocycles. The van der Waals surface area contributed by atoms with Crippen LogP contribution in [-0.2, 0) is 0 Å². The van der Waals surface area contributed by atoms with Gasteiger partial charge < -0.3 is 9.84 Å². The number of benzene rings is 1. The Morgan fingerprint density at radius 3 is 2.72 bits per heavy atom. The normalized spacial score (nSPS) is 10.1. The highest BCUT2D eigenvalue weighted by Crippen LogP contribution is 2.30. The Morgan fingerprint density at radius 2 is 2.06 bits per heavy atom. The molecule has 0 aliphatic carbocycles. The fourth-order valence-corrected chi connectivity index (χ4v) is 1.64. The predicted octanol–water partition coefficient (Wildman–Crippen LogP) is 3.04. The average molecular weight is 309 g/mol. The summed E-state index contributed by atoms with van der Waals surface area (Å²) in [6, 6.07) is 4.54. The molecule has 0 aliphatic rings. The number of hydrogen-bond acceptors (Lipinski definition) is 4. The maximum atomic E-state index is 10.9. The number of nitrogens with zero attached hydrogens (tertiary/aromatic N) is 2. The molecule has 1 aromatic carbocycles. The van der Waals surface area contributed by atoms with Crippen molar-refractivity contribution in [3.63, 3.8) is 0 Å². The first-order chi connectivity index (χ1) is 8.58. The molecule has 0 atom stereocenters. The lowest BCUT2D eigenvalue weighted by atomic mass is 10.2. The third kappa shape index (κ3) is 2.65. The molecule has 5 nitrogen and oxygen atoms in total. The maximum Gasteiger partial charge on any atom is 0.335 e. The smallest absolute Gasteiger partial charge is 0.335 e. The van der Waals surface area contributed by atoms with Gasteiger partial charge in [0.2, 0.25) is 5.88 Å². The van der Waals surface area contributed by atoms with Gasteiger partial charge in [-0.3, -0.25) is 4.98 Å². The van der Waals surface area contributed by atoms with Crippen LogP contribution in [0.2, 0.25) is 0 Å². The van der Waals surface area contributed by atoms with Gasteiger partial charge in [0.15, 0.2) is 0 Å². The zero-order chi connectivity index (χ0) is 13.1. The Bertz CT molecular complexity index is 602. The van der Waals surface area contributed by atoms with Crippen LogP contribution in [0.15, 0.2) is 35.1 Å². The molecular weight excluding hydrogens is 300 g/mol. The summed E-state index contributed by atoms with van der Waals surface area (Å²) in [5, 5.41) is 8.92. The molecule has 0 radical (unpaired) electrons. The number of carboxylic acids is 1. The Morgan fingerprint density at radius 1 is 1.33 bits per heavy atom. The molecule has 2 aromatic rings. The second kappa shape index (κ2) is 5.14. The van der Waals surface area contributed by atoms with E-state index >= 15 is 0 Å². The molecule has 92 valence electrons. The third-order valence-corrected chi connectivity index (χ3v) is 2.88. The maximum absolute atomic E-state index is 10.9. The van der Waals surface area contributed by atoms with Crippen LogP contribution in [0.1, 0.15) is 16.1 Å². The lowest BCUT2D eigenvalue weighted by molar-refractivity contribution is 0.0696. The number of carboxylic acid groups (broad SMARTS) is 1. The highest BCUT2D eigenvalue weighted by molar-refractivity contribution is 9.10. The number of carbonyl (C=O) groups is 1. The van der Waals surface area contributed by atoms with Crippen molar-refractivity contribution in [2.24, 2.45) is 0 Å². The van der Waals surface area contributed by atoms with Crippen molar-refractivity contribution >= 4 is 21.9 Å². The number of aromatic nitrogens is 2. The first-order valence-electron chi connectivity index (χ1n) is 5.06. The molecule has 6 heteroatoms. The summed E-state index contributed by atoms with van der Waals surface area (Å²) in [5.74, 6) is -0.276. The predicted molar refractivity (Wildman–Crippen MR) is 67.9 cm³/mol. The van der Waals surface area contributed by atoms with Crippen LogP contribution < -0.4 is 4.74 Å². The van der Waals surface area contributed by atoms with E-state index in [2.05, 4.69) is 25.9 Å². The summed E-state index contributed by atoms with van der Waals surface area (Å²) in [4.78, 5) is 19.0. The van der Waals surface area contributed by atoms with E-state index in [1.54, 1.807) is 19.2 Å². The Balaban J connectivity index is 2.37. The van der Waals surface area contributed by atoms with Gasteiger partial charge in [-0.15, -0.1) is 0 Å². The fourth-order valence-electron chi connectivity index (χ4n) is 1.31. The van der Waals surface area contributed by atoms with Gasteiger partial charge in [-0.1, -0.05) is 0 Å². The van der Waals surface area contributed by atoms with Gasteiger partial charge in [-0.05, 0) is 41.1 Å². The zero-order valence-electron chi connectivity index (χ0n) is 9.42. The Kier molecular flexibility index (Phi) is 3.57. The number of hydrogen-bond donors (Lipinski definition) is 1. The molecule has 0 saturated carbocycles. The van der Waals surface area contributed by atoms with Crippen molar-refractivity contribution in [3.05, 3.63) is 46.3 Å². The summed E-state index contributed by atoms with van der Waals surface area (Å²) >= 11 is 3.30. The number of rotatable bonds is 3. The topological polar surface area (TPSA) is 72.3 Å². The molecule has 1 heterocycles. The second-order valence-corrected chi connectivity index (χ2v) is 4.35. The zero-order valence-corrected chi connectivity index (χ0v) is 11.0. The first-order valence-corrected chi connectivity index (χ1v) is 5.85. The second-order valence-electron chi connectivity index (χ2n) is 3.50. The van der Waals surface area contributed by atoms with Crippen molar-refractivity contribution in [1.82, 2.24) is 9.97 Å². The quantitative estimate of drug-likeness (QED) is 0.943. The lowest BCUT2D eigenvalue weighted by Gasteiger charge is -2.08. The van der Waals surface area contributed by atoms with Crippen LogP contribution in [0.5, 0.6) is 11.6 Å². The van der Waals surface area contributed by atoms with Gasteiger partial charge in [0.25, 0.3) is 0 Å². The third-order valence-electron chi connectivity index (χ3n) is 2.22. The van der Waals surface area contributed by atoms with E-state index in [1.165, 1.54) is 18.3 Å². The van der Waals surface area contributed by atoms with Gasteiger partial charge >= 0.3 is 5.97 Å².